The SMILES string of the molecule is COc1ccc(C2CCNCC2NS(=O)(=O)c2cnnn2C)cc1. The van der Waals surface area contributed by atoms with Gasteiger partial charge in [-0.15, -0.1) is 5.10 Å². The minimum atomic E-state index is -3.68. The van der Waals surface area contributed by atoms with Crippen LogP contribution in [0.5, 0.6) is 5.75 Å². The van der Waals surface area contributed by atoms with Crippen molar-refractivity contribution in [1.29, 1.82) is 0 Å². The van der Waals surface area contributed by atoms with Crippen molar-refractivity contribution in [1.82, 2.24) is 25.0 Å². The molecular formula is C15H21N5O3S. The highest BCUT2D eigenvalue weighted by Gasteiger charge is 2.31. The highest BCUT2D eigenvalue weighted by atomic mass is 32.2. The molecule has 8 nitrogen and oxygen atoms in total. The monoisotopic (exact) mass is 351 g/mol. The molecule has 0 saturated carbocycles. The first-order valence-corrected chi connectivity index (χ1v) is 9.21. The minimum absolute atomic E-state index is 0.0570. The number of aryl methyl sites for hydroxylation is 1. The van der Waals surface area contributed by atoms with Gasteiger partial charge in [-0.3, -0.25) is 0 Å². The van der Waals surface area contributed by atoms with Crippen LogP contribution < -0.4 is 14.8 Å². The molecule has 0 spiro atoms. The molecule has 2 heterocycles. The molecule has 24 heavy (non-hydrogen) atoms. The highest BCUT2D eigenvalue weighted by Crippen LogP contribution is 2.28. The van der Waals surface area contributed by atoms with Gasteiger partial charge in [-0.25, -0.2) is 17.8 Å². The van der Waals surface area contributed by atoms with Crippen LogP contribution in [0.1, 0.15) is 17.9 Å². The van der Waals surface area contributed by atoms with Crippen molar-refractivity contribution in [2.75, 3.05) is 20.2 Å². The lowest BCUT2D eigenvalue weighted by Crippen LogP contribution is -2.50. The Morgan fingerprint density at radius 1 is 1.33 bits per heavy atom. The van der Waals surface area contributed by atoms with Gasteiger partial charge in [0.15, 0.2) is 5.03 Å². The lowest BCUT2D eigenvalue weighted by Gasteiger charge is -2.32. The summed E-state index contributed by atoms with van der Waals surface area (Å²) >= 11 is 0. The maximum absolute atomic E-state index is 12.6. The second-order valence-corrected chi connectivity index (χ2v) is 7.46. The molecular weight excluding hydrogens is 330 g/mol. The van der Waals surface area contributed by atoms with Crippen LogP contribution in [0.3, 0.4) is 0 Å². The maximum Gasteiger partial charge on any atom is 0.259 e. The fourth-order valence-corrected chi connectivity index (χ4v) is 4.35. The van der Waals surface area contributed by atoms with E-state index in [1.807, 2.05) is 24.3 Å². The fourth-order valence-electron chi connectivity index (χ4n) is 3.02. The van der Waals surface area contributed by atoms with Crippen LogP contribution in [0.2, 0.25) is 0 Å². The lowest BCUT2D eigenvalue weighted by atomic mass is 9.86. The number of sulfonamides is 1. The van der Waals surface area contributed by atoms with E-state index < -0.39 is 10.0 Å². The molecule has 9 heteroatoms. The van der Waals surface area contributed by atoms with Gasteiger partial charge in [-0.2, -0.15) is 0 Å². The molecule has 130 valence electrons. The number of aromatic nitrogens is 3. The summed E-state index contributed by atoms with van der Waals surface area (Å²) < 4.78 is 34.4. The Morgan fingerprint density at radius 3 is 2.71 bits per heavy atom. The quantitative estimate of drug-likeness (QED) is 0.801. The molecule has 2 unspecified atom stereocenters. The summed E-state index contributed by atoms with van der Waals surface area (Å²) in [6.45, 7) is 1.42. The summed E-state index contributed by atoms with van der Waals surface area (Å²) in [4.78, 5) is 0. The van der Waals surface area contributed by atoms with Crippen LogP contribution >= 0.6 is 0 Å². The van der Waals surface area contributed by atoms with Crippen LogP contribution in [0.25, 0.3) is 0 Å². The number of rotatable bonds is 5. The first kappa shape index (κ1) is 16.9. The van der Waals surface area contributed by atoms with Gasteiger partial charge in [0.2, 0.25) is 0 Å². The highest BCUT2D eigenvalue weighted by molar-refractivity contribution is 7.89. The standard InChI is InChI=1S/C15H21N5O3S/c1-20-15(10-17-19-20)24(21,22)18-14-9-16-8-7-13(14)11-3-5-12(23-2)6-4-11/h3-6,10,13-14,16,18H,7-9H2,1-2H3. The van der Waals surface area contributed by atoms with Crippen LogP contribution in [0, 0.1) is 0 Å². The molecule has 2 N–H and O–H groups in total. The van der Waals surface area contributed by atoms with Crippen molar-refractivity contribution in [3.8, 4) is 5.75 Å². The maximum atomic E-state index is 12.6. The zero-order valence-electron chi connectivity index (χ0n) is 13.6. The molecule has 1 saturated heterocycles. The summed E-state index contributed by atoms with van der Waals surface area (Å²) in [7, 11) is -0.497. The molecule has 0 amide bonds. The average molecular weight is 351 g/mol. The van der Waals surface area contributed by atoms with Crippen molar-refractivity contribution >= 4 is 10.0 Å². The van der Waals surface area contributed by atoms with Crippen molar-refractivity contribution in [3.63, 3.8) is 0 Å². The minimum Gasteiger partial charge on any atom is -0.497 e. The van der Waals surface area contributed by atoms with Gasteiger partial charge in [0, 0.05) is 25.6 Å². The molecule has 1 aliphatic rings. The molecule has 2 atom stereocenters. The molecule has 2 aromatic rings. The van der Waals surface area contributed by atoms with Crippen LogP contribution in [-0.2, 0) is 17.1 Å². The smallest absolute Gasteiger partial charge is 0.259 e. The topological polar surface area (TPSA) is 98.1 Å². The summed E-state index contributed by atoms with van der Waals surface area (Å²) in [5.41, 5.74) is 1.09. The first-order valence-electron chi connectivity index (χ1n) is 7.73. The predicted octanol–water partition coefficient (Wildman–Crippen LogP) is 0.248. The molecule has 3 rings (SSSR count). The Balaban J connectivity index is 1.83. The predicted molar refractivity (Wildman–Crippen MR) is 88.3 cm³/mol. The number of nitrogens with zero attached hydrogens (tertiary/aromatic N) is 3. The second-order valence-electron chi connectivity index (χ2n) is 5.80. The van der Waals surface area contributed by atoms with E-state index in [0.29, 0.717) is 6.54 Å². The van der Waals surface area contributed by atoms with Gasteiger partial charge in [0.25, 0.3) is 10.0 Å². The molecule has 1 aliphatic heterocycles. The Kier molecular flexibility index (Phi) is 4.83. The molecule has 1 aromatic heterocycles. The Hall–Kier alpha value is -1.97. The van der Waals surface area contributed by atoms with E-state index in [1.54, 1.807) is 14.2 Å². The van der Waals surface area contributed by atoms with Crippen molar-refractivity contribution in [2.24, 2.45) is 7.05 Å². The number of nitrogens with one attached hydrogen (secondary N) is 2. The van der Waals surface area contributed by atoms with Crippen molar-refractivity contribution in [2.45, 2.75) is 23.4 Å². The summed E-state index contributed by atoms with van der Waals surface area (Å²) in [5, 5.41) is 10.6. The second kappa shape index (κ2) is 6.88. The van der Waals surface area contributed by atoms with E-state index in [9.17, 15) is 8.42 Å². The van der Waals surface area contributed by atoms with E-state index in [4.69, 9.17) is 4.74 Å². The summed E-state index contributed by atoms with van der Waals surface area (Å²) in [6, 6.07) is 7.53. The molecule has 0 bridgehead atoms. The molecule has 0 aliphatic carbocycles. The van der Waals surface area contributed by atoms with Crippen LogP contribution in [-0.4, -0.2) is 49.7 Å². The van der Waals surface area contributed by atoms with Gasteiger partial charge in [-0.05, 0) is 30.7 Å². The third kappa shape index (κ3) is 3.42. The third-order valence-corrected chi connectivity index (χ3v) is 5.81. The van der Waals surface area contributed by atoms with Crippen LogP contribution in [0.15, 0.2) is 35.5 Å². The summed E-state index contributed by atoms with van der Waals surface area (Å²) in [6.07, 6.45) is 2.10. The Morgan fingerprint density at radius 2 is 2.08 bits per heavy atom. The average Bonchev–Trinajstić information content (AvgIpc) is 3.02. The van der Waals surface area contributed by atoms with Gasteiger partial charge < -0.3 is 10.1 Å². The number of benzene rings is 1. The lowest BCUT2D eigenvalue weighted by molar-refractivity contribution is 0.376. The molecule has 0 radical (unpaired) electrons. The number of methoxy groups -OCH3 is 1. The number of ether oxygens (including phenoxy) is 1. The van der Waals surface area contributed by atoms with E-state index >= 15 is 0 Å². The number of hydrogen-bond acceptors (Lipinski definition) is 6. The van der Waals surface area contributed by atoms with E-state index in [0.717, 1.165) is 24.3 Å². The van der Waals surface area contributed by atoms with E-state index in [2.05, 4.69) is 20.4 Å². The Labute approximate surface area is 141 Å². The third-order valence-electron chi connectivity index (χ3n) is 4.28. The zero-order valence-corrected chi connectivity index (χ0v) is 14.5. The molecule has 1 fully saturated rings. The number of piperidine rings is 1. The normalized spacial score (nSPS) is 21.6. The Bertz CT molecular complexity index is 788. The van der Waals surface area contributed by atoms with Gasteiger partial charge in [0.05, 0.1) is 13.3 Å². The fraction of sp³-hybridized carbons (Fsp3) is 0.467. The van der Waals surface area contributed by atoms with Crippen molar-refractivity contribution in [3.05, 3.63) is 36.0 Å². The number of hydrogen-bond donors (Lipinski definition) is 2. The van der Waals surface area contributed by atoms with Gasteiger partial charge >= 0.3 is 0 Å². The first-order chi connectivity index (χ1) is 11.5. The van der Waals surface area contributed by atoms with E-state index in [1.165, 1.54) is 10.9 Å². The zero-order chi connectivity index (χ0) is 17.2. The van der Waals surface area contributed by atoms with Gasteiger partial charge in [0.1, 0.15) is 5.75 Å². The van der Waals surface area contributed by atoms with Gasteiger partial charge in [-0.1, -0.05) is 17.3 Å². The van der Waals surface area contributed by atoms with Crippen LogP contribution in [0.4, 0.5) is 0 Å². The molecule has 1 aromatic carbocycles. The largest absolute Gasteiger partial charge is 0.497 e. The van der Waals surface area contributed by atoms with E-state index in [-0.39, 0.29) is 17.0 Å². The van der Waals surface area contributed by atoms with Crippen molar-refractivity contribution < 1.29 is 13.2 Å². The summed E-state index contributed by atoms with van der Waals surface area (Å²) in [5.74, 6) is 0.874.